The second-order valence-corrected chi connectivity index (χ2v) is 5.76. The Balaban J connectivity index is 2.45. The molecular weight excluding hydrogens is 254 g/mol. The minimum absolute atomic E-state index is 0.167. The first-order chi connectivity index (χ1) is 9.31. The number of hydrogen-bond acceptors (Lipinski definition) is 6. The third-order valence-electron chi connectivity index (χ3n) is 2.91. The number of hydrogen-bond donors (Lipinski definition) is 3. The highest BCUT2D eigenvalue weighted by atomic mass is 15.3. The summed E-state index contributed by atoms with van der Waals surface area (Å²) in [5, 5.41) is 7.49. The molecule has 0 spiro atoms. The van der Waals surface area contributed by atoms with E-state index >= 15 is 0 Å². The summed E-state index contributed by atoms with van der Waals surface area (Å²) in [5.41, 5.74) is 3.31. The van der Waals surface area contributed by atoms with E-state index in [2.05, 4.69) is 46.6 Å². The lowest BCUT2D eigenvalue weighted by molar-refractivity contribution is 0.546. The molecule has 0 bridgehead atoms. The van der Waals surface area contributed by atoms with Crippen LogP contribution in [0.3, 0.4) is 0 Å². The van der Waals surface area contributed by atoms with Gasteiger partial charge in [0.25, 0.3) is 0 Å². The Morgan fingerprint density at radius 2 is 1.85 bits per heavy atom. The standard InChI is InChI=1S/C13H21N7/c1-8-10(15-9-6-7-20(5)19-9)16-12(13(2,3)4)17-11(8)18-14/h6-7H,14H2,1-5H3,(H2,15,16,17,18,19). The Kier molecular flexibility index (Phi) is 3.63. The smallest absolute Gasteiger partial charge is 0.153 e. The molecule has 0 radical (unpaired) electrons. The lowest BCUT2D eigenvalue weighted by Crippen LogP contribution is -2.21. The molecule has 0 unspecified atom stereocenters. The summed E-state index contributed by atoms with van der Waals surface area (Å²) in [4.78, 5) is 9.05. The van der Waals surface area contributed by atoms with Crippen molar-refractivity contribution in [1.29, 1.82) is 0 Å². The normalized spacial score (nSPS) is 11.5. The van der Waals surface area contributed by atoms with E-state index in [0.29, 0.717) is 11.6 Å². The van der Waals surface area contributed by atoms with Crippen molar-refractivity contribution in [3.8, 4) is 0 Å². The van der Waals surface area contributed by atoms with Crippen LogP contribution in [-0.2, 0) is 12.5 Å². The van der Waals surface area contributed by atoms with Gasteiger partial charge in [0.05, 0.1) is 0 Å². The summed E-state index contributed by atoms with van der Waals surface area (Å²) < 4.78 is 1.73. The molecule has 7 heteroatoms. The van der Waals surface area contributed by atoms with Crippen molar-refractivity contribution in [3.05, 3.63) is 23.7 Å². The SMILES string of the molecule is Cc1c(NN)nc(C(C)(C)C)nc1Nc1ccn(C)n1. The Hall–Kier alpha value is -2.15. The summed E-state index contributed by atoms with van der Waals surface area (Å²) in [6, 6.07) is 1.88. The molecule has 0 aliphatic rings. The largest absolute Gasteiger partial charge is 0.323 e. The fourth-order valence-corrected chi connectivity index (χ4v) is 1.72. The highest BCUT2D eigenvalue weighted by molar-refractivity contribution is 5.62. The summed E-state index contributed by atoms with van der Waals surface area (Å²) in [5.74, 6) is 8.31. The average Bonchev–Trinajstić information content (AvgIpc) is 2.76. The molecule has 2 aromatic heterocycles. The molecule has 0 amide bonds. The zero-order valence-electron chi connectivity index (χ0n) is 12.5. The van der Waals surface area contributed by atoms with Crippen LogP contribution in [0.5, 0.6) is 0 Å². The lowest BCUT2D eigenvalue weighted by atomic mass is 9.95. The van der Waals surface area contributed by atoms with Crippen molar-refractivity contribution in [1.82, 2.24) is 19.7 Å². The minimum atomic E-state index is -0.167. The lowest BCUT2D eigenvalue weighted by Gasteiger charge is -2.20. The maximum absolute atomic E-state index is 5.54. The van der Waals surface area contributed by atoms with Crippen molar-refractivity contribution >= 4 is 17.5 Å². The van der Waals surface area contributed by atoms with Crippen molar-refractivity contribution in [2.75, 3.05) is 10.7 Å². The van der Waals surface area contributed by atoms with Gasteiger partial charge in [-0.2, -0.15) is 5.10 Å². The average molecular weight is 275 g/mol. The summed E-state index contributed by atoms with van der Waals surface area (Å²) in [7, 11) is 1.87. The zero-order valence-corrected chi connectivity index (χ0v) is 12.5. The number of nitrogens with two attached hydrogens (primary N) is 1. The van der Waals surface area contributed by atoms with E-state index in [9.17, 15) is 0 Å². The van der Waals surface area contributed by atoms with Gasteiger partial charge in [0.2, 0.25) is 0 Å². The van der Waals surface area contributed by atoms with Crippen molar-refractivity contribution in [2.24, 2.45) is 12.9 Å². The van der Waals surface area contributed by atoms with Crippen LogP contribution in [0.25, 0.3) is 0 Å². The number of hydrazine groups is 1. The van der Waals surface area contributed by atoms with E-state index in [0.717, 1.165) is 17.2 Å². The third kappa shape index (κ3) is 2.88. The third-order valence-corrected chi connectivity index (χ3v) is 2.91. The highest BCUT2D eigenvalue weighted by Crippen LogP contribution is 2.27. The van der Waals surface area contributed by atoms with Crippen LogP contribution >= 0.6 is 0 Å². The van der Waals surface area contributed by atoms with Crippen LogP contribution in [0.2, 0.25) is 0 Å². The molecule has 0 atom stereocenters. The van der Waals surface area contributed by atoms with Crippen LogP contribution in [0.1, 0.15) is 32.2 Å². The van der Waals surface area contributed by atoms with E-state index in [-0.39, 0.29) is 5.41 Å². The van der Waals surface area contributed by atoms with E-state index in [1.54, 1.807) is 4.68 Å². The first kappa shape index (κ1) is 14.3. The van der Waals surface area contributed by atoms with Crippen LogP contribution in [-0.4, -0.2) is 19.7 Å². The molecule has 0 fully saturated rings. The molecule has 2 rings (SSSR count). The molecule has 0 aliphatic heterocycles. The van der Waals surface area contributed by atoms with Gasteiger partial charge in [-0.15, -0.1) is 0 Å². The van der Waals surface area contributed by atoms with Crippen LogP contribution in [0, 0.1) is 6.92 Å². The molecule has 4 N–H and O–H groups in total. The molecule has 0 aromatic carbocycles. The maximum atomic E-state index is 5.54. The van der Waals surface area contributed by atoms with Crippen molar-refractivity contribution in [2.45, 2.75) is 33.1 Å². The number of aromatic nitrogens is 4. The first-order valence-electron chi connectivity index (χ1n) is 6.43. The molecule has 7 nitrogen and oxygen atoms in total. The Morgan fingerprint density at radius 3 is 2.35 bits per heavy atom. The Labute approximate surface area is 118 Å². The predicted molar refractivity (Wildman–Crippen MR) is 79.8 cm³/mol. The van der Waals surface area contributed by atoms with Gasteiger partial charge in [0.1, 0.15) is 17.5 Å². The number of aryl methyl sites for hydroxylation is 1. The van der Waals surface area contributed by atoms with Gasteiger partial charge in [0, 0.05) is 30.3 Å². The van der Waals surface area contributed by atoms with Gasteiger partial charge < -0.3 is 10.7 Å². The number of nitrogen functional groups attached to an aromatic ring is 1. The van der Waals surface area contributed by atoms with Crippen LogP contribution < -0.4 is 16.6 Å². The number of anilines is 3. The predicted octanol–water partition coefficient (Wildman–Crippen LogP) is 1.85. The topological polar surface area (TPSA) is 93.7 Å². The second-order valence-electron chi connectivity index (χ2n) is 5.76. The molecule has 108 valence electrons. The molecule has 0 saturated carbocycles. The summed E-state index contributed by atoms with van der Waals surface area (Å²) >= 11 is 0. The number of nitrogens with zero attached hydrogens (tertiary/aromatic N) is 4. The van der Waals surface area contributed by atoms with E-state index in [4.69, 9.17) is 5.84 Å². The van der Waals surface area contributed by atoms with E-state index < -0.39 is 0 Å². The summed E-state index contributed by atoms with van der Waals surface area (Å²) in [6.45, 7) is 8.08. The van der Waals surface area contributed by atoms with Crippen LogP contribution in [0.15, 0.2) is 12.3 Å². The van der Waals surface area contributed by atoms with Gasteiger partial charge >= 0.3 is 0 Å². The van der Waals surface area contributed by atoms with Gasteiger partial charge in [0.15, 0.2) is 5.82 Å². The minimum Gasteiger partial charge on any atom is -0.323 e. The van der Waals surface area contributed by atoms with Crippen molar-refractivity contribution < 1.29 is 0 Å². The zero-order chi connectivity index (χ0) is 14.9. The molecule has 0 aliphatic carbocycles. The van der Waals surface area contributed by atoms with E-state index in [1.807, 2.05) is 26.2 Å². The monoisotopic (exact) mass is 275 g/mol. The Bertz CT molecular complexity index is 610. The Morgan fingerprint density at radius 1 is 1.20 bits per heavy atom. The molecule has 2 aromatic rings. The van der Waals surface area contributed by atoms with Crippen LogP contribution in [0.4, 0.5) is 17.5 Å². The number of nitrogens with one attached hydrogen (secondary N) is 2. The molecule has 2 heterocycles. The maximum Gasteiger partial charge on any atom is 0.153 e. The van der Waals surface area contributed by atoms with E-state index in [1.165, 1.54) is 0 Å². The van der Waals surface area contributed by atoms with Gasteiger partial charge in [-0.1, -0.05) is 20.8 Å². The quantitative estimate of drug-likeness (QED) is 0.584. The fourth-order valence-electron chi connectivity index (χ4n) is 1.72. The first-order valence-corrected chi connectivity index (χ1v) is 6.43. The van der Waals surface area contributed by atoms with Crippen molar-refractivity contribution in [3.63, 3.8) is 0 Å². The number of rotatable bonds is 3. The van der Waals surface area contributed by atoms with Gasteiger partial charge in [-0.05, 0) is 6.92 Å². The summed E-state index contributed by atoms with van der Waals surface area (Å²) in [6.07, 6.45) is 1.87. The van der Waals surface area contributed by atoms with Gasteiger partial charge in [-0.3, -0.25) is 4.68 Å². The highest BCUT2D eigenvalue weighted by Gasteiger charge is 2.21. The van der Waals surface area contributed by atoms with Gasteiger partial charge in [-0.25, -0.2) is 15.8 Å². The fraction of sp³-hybridized carbons (Fsp3) is 0.462. The molecule has 20 heavy (non-hydrogen) atoms. The second kappa shape index (κ2) is 5.09. The molecule has 0 saturated heterocycles. The molecular formula is C13H21N7.